The van der Waals surface area contributed by atoms with Gasteiger partial charge in [0.05, 0.1) is 16.4 Å². The van der Waals surface area contributed by atoms with Crippen molar-refractivity contribution in [1.82, 2.24) is 4.31 Å². The molecule has 0 radical (unpaired) electrons. The number of fused-ring (bicyclic) bond motifs is 1. The second kappa shape index (κ2) is 6.15. The summed E-state index contributed by atoms with van der Waals surface area (Å²) in [6.45, 7) is 3.43. The highest BCUT2D eigenvalue weighted by atomic mass is 32.2. The van der Waals surface area contributed by atoms with Crippen molar-refractivity contribution in [3.05, 3.63) is 64.4 Å². The number of rotatable bonds is 5. The second-order valence-electron chi connectivity index (χ2n) is 5.28. The Bertz CT molecular complexity index is 938. The number of furan rings is 1. The molecule has 25 heavy (non-hydrogen) atoms. The summed E-state index contributed by atoms with van der Waals surface area (Å²) in [5.74, 6) is 0.231. The van der Waals surface area contributed by atoms with E-state index >= 15 is 0 Å². The zero-order valence-electron chi connectivity index (χ0n) is 12.8. The first-order chi connectivity index (χ1) is 11.8. The van der Waals surface area contributed by atoms with E-state index in [4.69, 9.17) is 4.42 Å². The number of nitrogens with zero attached hydrogens (tertiary/aromatic N) is 2. The number of hydrogen-bond donors (Lipinski definition) is 1. The maximum absolute atomic E-state index is 12.6. The van der Waals surface area contributed by atoms with E-state index in [-0.39, 0.29) is 29.6 Å². The molecule has 0 atom stereocenters. The number of sulfonamides is 1. The molecule has 1 aliphatic heterocycles. The van der Waals surface area contributed by atoms with E-state index in [1.807, 2.05) is 0 Å². The highest BCUT2D eigenvalue weighted by Crippen LogP contribution is 2.33. The van der Waals surface area contributed by atoms with Crippen LogP contribution in [0.3, 0.4) is 0 Å². The van der Waals surface area contributed by atoms with Crippen LogP contribution in [0.4, 0.5) is 11.6 Å². The van der Waals surface area contributed by atoms with E-state index in [0.717, 1.165) is 18.2 Å². The monoisotopic (exact) mass is 363 g/mol. The molecule has 0 unspecified atom stereocenters. The quantitative estimate of drug-likeness (QED) is 0.492. The lowest BCUT2D eigenvalue weighted by Gasteiger charge is -2.15. The van der Waals surface area contributed by atoms with Crippen molar-refractivity contribution in [2.45, 2.75) is 18.0 Å². The Morgan fingerprint density at radius 3 is 2.56 bits per heavy atom. The van der Waals surface area contributed by atoms with Crippen LogP contribution in [-0.4, -0.2) is 23.6 Å². The zero-order chi connectivity index (χ0) is 18.2. The van der Waals surface area contributed by atoms with Crippen molar-refractivity contribution < 1.29 is 22.6 Å². The minimum atomic E-state index is -3.81. The molecular formula is C15H13N3O6S. The van der Waals surface area contributed by atoms with Crippen LogP contribution >= 0.6 is 0 Å². The van der Waals surface area contributed by atoms with E-state index < -0.39 is 20.9 Å². The molecule has 1 aromatic carbocycles. The Kier molecular flexibility index (Phi) is 4.15. The lowest BCUT2D eigenvalue weighted by molar-refractivity contribution is -0.384. The number of carbonyl (C=O) groups excluding carboxylic acids is 1. The van der Waals surface area contributed by atoms with Crippen molar-refractivity contribution in [1.29, 1.82) is 0 Å². The van der Waals surface area contributed by atoms with Crippen LogP contribution in [0.1, 0.15) is 11.3 Å². The number of carbonyl (C=O) groups is 1. The molecule has 3 rings (SSSR count). The average Bonchev–Trinajstić information content (AvgIpc) is 3.13. The molecule has 9 nitrogen and oxygen atoms in total. The molecule has 2 heterocycles. The Morgan fingerprint density at radius 1 is 1.32 bits per heavy atom. The van der Waals surface area contributed by atoms with Gasteiger partial charge >= 0.3 is 0 Å². The summed E-state index contributed by atoms with van der Waals surface area (Å²) in [5.41, 5.74) is 0.458. The van der Waals surface area contributed by atoms with Gasteiger partial charge in [-0.2, -0.15) is 4.31 Å². The molecule has 0 saturated heterocycles. The molecular weight excluding hydrogens is 350 g/mol. The highest BCUT2D eigenvalue weighted by Gasteiger charge is 2.33. The standard InChI is InChI=1S/C15H13N3O6S/c1-2-14(19)16-15-7-10-8-17(9-13(10)24-15)25(22,23)12-5-3-11(4-6-12)18(20)21/h2-7H,1,8-9H2,(H,16,19). The Morgan fingerprint density at radius 2 is 2.00 bits per heavy atom. The fraction of sp³-hybridized carbons (Fsp3) is 0.133. The molecule has 1 aliphatic rings. The van der Waals surface area contributed by atoms with Gasteiger partial charge in [0.25, 0.3) is 5.69 Å². The fourth-order valence-corrected chi connectivity index (χ4v) is 3.81. The largest absolute Gasteiger partial charge is 0.444 e. The molecule has 0 spiro atoms. The first-order valence-corrected chi connectivity index (χ1v) is 8.55. The van der Waals surface area contributed by atoms with Gasteiger partial charge in [-0.05, 0) is 18.2 Å². The van der Waals surface area contributed by atoms with Crippen molar-refractivity contribution in [3.63, 3.8) is 0 Å². The molecule has 1 amide bonds. The van der Waals surface area contributed by atoms with Gasteiger partial charge in [-0.3, -0.25) is 20.2 Å². The summed E-state index contributed by atoms with van der Waals surface area (Å²) in [4.78, 5) is 21.3. The average molecular weight is 363 g/mol. The summed E-state index contributed by atoms with van der Waals surface area (Å²) in [5, 5.41) is 13.1. The lowest BCUT2D eigenvalue weighted by atomic mass is 10.3. The number of anilines is 1. The SMILES string of the molecule is C=CC(=O)Nc1cc2c(o1)CN(S(=O)(=O)c1ccc([N+](=O)[O-])cc1)C2. The third kappa shape index (κ3) is 3.16. The first kappa shape index (κ1) is 16.9. The number of nitro groups is 1. The topological polar surface area (TPSA) is 123 Å². The number of non-ortho nitro benzene ring substituents is 1. The first-order valence-electron chi connectivity index (χ1n) is 7.11. The molecule has 0 fully saturated rings. The molecule has 1 N–H and O–H groups in total. The van der Waals surface area contributed by atoms with Crippen molar-refractivity contribution in [3.8, 4) is 0 Å². The second-order valence-corrected chi connectivity index (χ2v) is 7.21. The van der Waals surface area contributed by atoms with E-state index in [0.29, 0.717) is 11.3 Å². The molecule has 2 aromatic rings. The fourth-order valence-electron chi connectivity index (χ4n) is 2.43. The van der Waals surface area contributed by atoms with Crippen LogP contribution in [0.2, 0.25) is 0 Å². The third-order valence-electron chi connectivity index (χ3n) is 3.68. The van der Waals surface area contributed by atoms with Crippen molar-refractivity contribution >= 4 is 27.5 Å². The number of amides is 1. The van der Waals surface area contributed by atoms with E-state index in [9.17, 15) is 23.3 Å². The minimum Gasteiger partial charge on any atom is -0.444 e. The lowest BCUT2D eigenvalue weighted by Crippen LogP contribution is -2.25. The Hall–Kier alpha value is -2.98. The van der Waals surface area contributed by atoms with Gasteiger partial charge in [-0.25, -0.2) is 8.42 Å². The predicted octanol–water partition coefficient (Wildman–Crippen LogP) is 2.02. The normalized spacial score (nSPS) is 14.1. The van der Waals surface area contributed by atoms with Gasteiger partial charge < -0.3 is 4.42 Å². The van der Waals surface area contributed by atoms with Crippen molar-refractivity contribution in [2.75, 3.05) is 5.32 Å². The summed E-state index contributed by atoms with van der Waals surface area (Å²) >= 11 is 0. The number of hydrogen-bond acceptors (Lipinski definition) is 6. The van der Waals surface area contributed by atoms with E-state index in [1.54, 1.807) is 6.07 Å². The van der Waals surface area contributed by atoms with Crippen molar-refractivity contribution in [2.24, 2.45) is 0 Å². The summed E-state index contributed by atoms with van der Waals surface area (Å²) in [7, 11) is -3.81. The smallest absolute Gasteiger partial charge is 0.269 e. The predicted molar refractivity (Wildman–Crippen MR) is 87.1 cm³/mol. The third-order valence-corrected chi connectivity index (χ3v) is 5.49. The van der Waals surface area contributed by atoms with Gasteiger partial charge in [0, 0.05) is 30.3 Å². The van der Waals surface area contributed by atoms with Gasteiger partial charge in [-0.15, -0.1) is 0 Å². The van der Waals surface area contributed by atoms with Crippen LogP contribution < -0.4 is 5.32 Å². The van der Waals surface area contributed by atoms with Gasteiger partial charge in [0.1, 0.15) is 5.76 Å². The maximum atomic E-state index is 12.6. The summed E-state index contributed by atoms with van der Waals surface area (Å²) in [6, 6.07) is 6.24. The molecule has 0 saturated carbocycles. The Balaban J connectivity index is 1.78. The van der Waals surface area contributed by atoms with Crippen LogP contribution in [-0.2, 0) is 27.9 Å². The molecule has 10 heteroatoms. The highest BCUT2D eigenvalue weighted by molar-refractivity contribution is 7.89. The Labute approximate surface area is 142 Å². The number of benzene rings is 1. The number of nitro benzene ring substituents is 1. The van der Waals surface area contributed by atoms with E-state index in [1.165, 1.54) is 16.4 Å². The zero-order valence-corrected chi connectivity index (χ0v) is 13.7. The van der Waals surface area contributed by atoms with Crippen LogP contribution in [0.15, 0.2) is 52.3 Å². The summed E-state index contributed by atoms with van der Waals surface area (Å²) < 4.78 is 31.9. The number of nitrogens with one attached hydrogen (secondary N) is 1. The van der Waals surface area contributed by atoms with Gasteiger partial charge in [0.2, 0.25) is 15.9 Å². The molecule has 1 aromatic heterocycles. The maximum Gasteiger partial charge on any atom is 0.269 e. The van der Waals surface area contributed by atoms with Gasteiger partial charge in [-0.1, -0.05) is 6.58 Å². The minimum absolute atomic E-state index is 0.0125. The van der Waals surface area contributed by atoms with Gasteiger partial charge in [0.15, 0.2) is 5.88 Å². The molecule has 130 valence electrons. The van der Waals surface area contributed by atoms with Crippen LogP contribution in [0.25, 0.3) is 0 Å². The summed E-state index contributed by atoms with van der Waals surface area (Å²) in [6.07, 6.45) is 1.10. The molecule has 0 bridgehead atoms. The molecule has 0 aliphatic carbocycles. The van der Waals surface area contributed by atoms with E-state index in [2.05, 4.69) is 11.9 Å². The van der Waals surface area contributed by atoms with Crippen LogP contribution in [0, 0.1) is 10.1 Å². The van der Waals surface area contributed by atoms with Crippen LogP contribution in [0.5, 0.6) is 0 Å².